The highest BCUT2D eigenvalue weighted by Gasteiger charge is 2.26. The summed E-state index contributed by atoms with van der Waals surface area (Å²) in [6, 6.07) is 5.89. The van der Waals surface area contributed by atoms with Gasteiger partial charge in [-0.3, -0.25) is 10.1 Å². The number of hydrogen-bond donors (Lipinski definition) is 2. The van der Waals surface area contributed by atoms with Crippen molar-refractivity contribution in [3.8, 4) is 6.07 Å². The molecule has 118 valence electrons. The fraction of sp³-hybridized carbons (Fsp3) is 0.353. The predicted molar refractivity (Wildman–Crippen MR) is 94.9 cm³/mol. The number of thiocarbonyl (C=S) groups is 1. The minimum atomic E-state index is -0.218. The Morgan fingerprint density at radius 1 is 1.30 bits per heavy atom. The summed E-state index contributed by atoms with van der Waals surface area (Å²) in [7, 11) is 0. The Labute approximate surface area is 144 Å². The van der Waals surface area contributed by atoms with E-state index in [0.717, 1.165) is 37.0 Å². The van der Waals surface area contributed by atoms with Gasteiger partial charge in [-0.2, -0.15) is 5.26 Å². The van der Waals surface area contributed by atoms with Crippen LogP contribution < -0.4 is 10.6 Å². The molecule has 0 aromatic carbocycles. The molecule has 1 aromatic heterocycles. The number of rotatable bonds is 2. The van der Waals surface area contributed by atoms with Crippen molar-refractivity contribution in [1.82, 2.24) is 10.6 Å². The Balaban J connectivity index is 1.68. The zero-order chi connectivity index (χ0) is 16.2. The van der Waals surface area contributed by atoms with E-state index >= 15 is 0 Å². The van der Waals surface area contributed by atoms with Crippen LogP contribution in [0.15, 0.2) is 39.9 Å². The fourth-order valence-electron chi connectivity index (χ4n) is 3.11. The molecule has 1 heterocycles. The molecule has 0 radical (unpaired) electrons. The van der Waals surface area contributed by atoms with E-state index in [1.54, 1.807) is 6.07 Å². The van der Waals surface area contributed by atoms with Gasteiger partial charge in [-0.1, -0.05) is 18.1 Å². The number of hydrogen-bond acceptors (Lipinski definition) is 4. The molecule has 0 fully saturated rings. The van der Waals surface area contributed by atoms with E-state index in [1.807, 2.05) is 11.4 Å². The van der Waals surface area contributed by atoms with E-state index in [9.17, 15) is 10.1 Å². The maximum Gasteiger partial charge on any atom is 0.267 e. The fourth-order valence-corrected chi connectivity index (χ4v) is 3.94. The van der Waals surface area contributed by atoms with Crippen LogP contribution in [-0.2, 0) is 0 Å². The standard InChI is InChI=1S/C17H17N3OS2/c18-10-13-12-6-3-1-2-5-11(12)9-14(13)19-17(22)20-16(21)15-7-4-8-23-15/h4,7-8H,1-3,5-6,9H2,(H2,19,20,21,22). The maximum absolute atomic E-state index is 12.0. The zero-order valence-electron chi connectivity index (χ0n) is 12.6. The highest BCUT2D eigenvalue weighted by molar-refractivity contribution is 7.80. The number of carbonyl (C=O) groups is 1. The van der Waals surface area contributed by atoms with Crippen molar-refractivity contribution in [1.29, 1.82) is 5.26 Å². The summed E-state index contributed by atoms with van der Waals surface area (Å²) in [6.45, 7) is 0. The summed E-state index contributed by atoms with van der Waals surface area (Å²) in [5, 5.41) is 17.3. The van der Waals surface area contributed by atoms with Crippen LogP contribution in [0, 0.1) is 11.3 Å². The lowest BCUT2D eigenvalue weighted by Crippen LogP contribution is -2.38. The molecule has 2 aliphatic carbocycles. The van der Waals surface area contributed by atoms with E-state index < -0.39 is 0 Å². The minimum absolute atomic E-state index is 0.218. The number of carbonyl (C=O) groups excluding carboxylic acids is 1. The summed E-state index contributed by atoms with van der Waals surface area (Å²) in [6.07, 6.45) is 6.32. The molecule has 1 aromatic rings. The van der Waals surface area contributed by atoms with Crippen molar-refractivity contribution in [2.75, 3.05) is 0 Å². The second-order valence-corrected chi connectivity index (χ2v) is 7.03. The van der Waals surface area contributed by atoms with Crippen LogP contribution in [0.3, 0.4) is 0 Å². The smallest absolute Gasteiger partial charge is 0.267 e. The largest absolute Gasteiger partial charge is 0.334 e. The molecule has 0 aliphatic heterocycles. The molecular weight excluding hydrogens is 326 g/mol. The third-order valence-electron chi connectivity index (χ3n) is 4.17. The van der Waals surface area contributed by atoms with Gasteiger partial charge in [0.15, 0.2) is 5.11 Å². The van der Waals surface area contributed by atoms with Crippen molar-refractivity contribution in [2.45, 2.75) is 38.5 Å². The molecule has 0 saturated carbocycles. The molecule has 2 aliphatic rings. The maximum atomic E-state index is 12.0. The monoisotopic (exact) mass is 343 g/mol. The van der Waals surface area contributed by atoms with Crippen molar-refractivity contribution >= 4 is 34.6 Å². The molecule has 0 bridgehead atoms. The first-order valence-corrected chi connectivity index (χ1v) is 8.98. The van der Waals surface area contributed by atoms with Crippen LogP contribution >= 0.6 is 23.6 Å². The van der Waals surface area contributed by atoms with Crippen molar-refractivity contribution < 1.29 is 4.79 Å². The van der Waals surface area contributed by atoms with Gasteiger partial charge < -0.3 is 5.32 Å². The van der Waals surface area contributed by atoms with Gasteiger partial charge in [-0.15, -0.1) is 11.3 Å². The molecule has 3 rings (SSSR count). The quantitative estimate of drug-likeness (QED) is 0.802. The topological polar surface area (TPSA) is 64.9 Å². The number of amides is 1. The Morgan fingerprint density at radius 2 is 2.13 bits per heavy atom. The molecule has 0 spiro atoms. The minimum Gasteiger partial charge on any atom is -0.334 e. The van der Waals surface area contributed by atoms with Crippen LogP contribution in [0.4, 0.5) is 0 Å². The third-order valence-corrected chi connectivity index (χ3v) is 5.25. The van der Waals surface area contributed by atoms with Crippen LogP contribution in [0.1, 0.15) is 48.2 Å². The lowest BCUT2D eigenvalue weighted by Gasteiger charge is -2.11. The SMILES string of the molecule is N#CC1=C(NC(=S)NC(=O)c2cccs2)CC2=C1CCCCC2. The van der Waals surface area contributed by atoms with Gasteiger partial charge in [0.1, 0.15) is 6.07 Å². The first-order chi connectivity index (χ1) is 11.2. The van der Waals surface area contributed by atoms with Crippen molar-refractivity contribution in [3.05, 3.63) is 44.8 Å². The lowest BCUT2D eigenvalue weighted by atomic mass is 10.0. The molecular formula is C17H17N3OS2. The molecule has 0 atom stereocenters. The molecule has 0 saturated heterocycles. The number of thiophene rings is 1. The van der Waals surface area contributed by atoms with E-state index in [-0.39, 0.29) is 11.0 Å². The Kier molecular flexibility index (Phi) is 4.89. The Morgan fingerprint density at radius 3 is 2.87 bits per heavy atom. The average Bonchev–Trinajstić information content (AvgIpc) is 3.10. The molecule has 2 N–H and O–H groups in total. The number of nitriles is 1. The highest BCUT2D eigenvalue weighted by atomic mass is 32.1. The van der Waals surface area contributed by atoms with Gasteiger partial charge in [0.05, 0.1) is 10.5 Å². The van der Waals surface area contributed by atoms with E-state index in [0.29, 0.717) is 4.88 Å². The van der Waals surface area contributed by atoms with Crippen LogP contribution in [0.5, 0.6) is 0 Å². The van der Waals surface area contributed by atoms with Gasteiger partial charge in [0.2, 0.25) is 0 Å². The number of nitrogens with zero attached hydrogens (tertiary/aromatic N) is 1. The average molecular weight is 343 g/mol. The lowest BCUT2D eigenvalue weighted by molar-refractivity contribution is 0.0981. The predicted octanol–water partition coefficient (Wildman–Crippen LogP) is 3.79. The van der Waals surface area contributed by atoms with Crippen molar-refractivity contribution in [3.63, 3.8) is 0 Å². The summed E-state index contributed by atoms with van der Waals surface area (Å²) < 4.78 is 0. The third kappa shape index (κ3) is 3.52. The van der Waals surface area contributed by atoms with E-state index in [4.69, 9.17) is 12.2 Å². The summed E-state index contributed by atoms with van der Waals surface area (Å²) in [5.41, 5.74) is 4.10. The number of nitrogens with one attached hydrogen (secondary N) is 2. The van der Waals surface area contributed by atoms with Gasteiger partial charge in [-0.25, -0.2) is 0 Å². The molecule has 4 nitrogen and oxygen atoms in total. The van der Waals surface area contributed by atoms with Crippen LogP contribution in [0.25, 0.3) is 0 Å². The van der Waals surface area contributed by atoms with Gasteiger partial charge >= 0.3 is 0 Å². The highest BCUT2D eigenvalue weighted by Crippen LogP contribution is 2.38. The molecule has 1 amide bonds. The van der Waals surface area contributed by atoms with Gasteiger partial charge in [0.25, 0.3) is 5.91 Å². The summed E-state index contributed by atoms with van der Waals surface area (Å²) in [5.74, 6) is -0.218. The molecule has 23 heavy (non-hydrogen) atoms. The summed E-state index contributed by atoms with van der Waals surface area (Å²) in [4.78, 5) is 12.6. The number of allylic oxidation sites excluding steroid dienone is 3. The van der Waals surface area contributed by atoms with Crippen molar-refractivity contribution in [2.24, 2.45) is 0 Å². The molecule has 6 heteroatoms. The van der Waals surface area contributed by atoms with E-state index in [2.05, 4.69) is 16.7 Å². The van der Waals surface area contributed by atoms with Gasteiger partial charge in [-0.05, 0) is 54.9 Å². The second kappa shape index (κ2) is 7.07. The summed E-state index contributed by atoms with van der Waals surface area (Å²) >= 11 is 6.60. The first-order valence-electron chi connectivity index (χ1n) is 7.69. The van der Waals surface area contributed by atoms with Crippen LogP contribution in [-0.4, -0.2) is 11.0 Å². The second-order valence-electron chi connectivity index (χ2n) is 5.67. The Bertz CT molecular complexity index is 738. The normalized spacial score (nSPS) is 17.3. The van der Waals surface area contributed by atoms with E-state index in [1.165, 1.54) is 35.3 Å². The van der Waals surface area contributed by atoms with Gasteiger partial charge in [0, 0.05) is 12.1 Å². The Hall–Kier alpha value is -1.97. The zero-order valence-corrected chi connectivity index (χ0v) is 14.3. The van der Waals surface area contributed by atoms with Crippen LogP contribution in [0.2, 0.25) is 0 Å². The molecule has 0 unspecified atom stereocenters. The first kappa shape index (κ1) is 15.9.